The van der Waals surface area contributed by atoms with Gasteiger partial charge in [0.2, 0.25) is 5.91 Å². The van der Waals surface area contributed by atoms with Gasteiger partial charge in [0.1, 0.15) is 0 Å². The van der Waals surface area contributed by atoms with Gasteiger partial charge in [-0.3, -0.25) is 4.79 Å². The van der Waals surface area contributed by atoms with Crippen molar-refractivity contribution in [3.05, 3.63) is 28.2 Å². The zero-order valence-corrected chi connectivity index (χ0v) is 14.2. The van der Waals surface area contributed by atoms with Crippen molar-refractivity contribution in [1.82, 2.24) is 5.32 Å². The molecule has 0 fully saturated rings. The molecule has 0 heterocycles. The molecule has 3 N–H and O–H groups in total. The fourth-order valence-electron chi connectivity index (χ4n) is 1.84. The molecular formula is C14H20Cl2N2OS. The van der Waals surface area contributed by atoms with Crippen molar-refractivity contribution in [1.29, 1.82) is 0 Å². The number of amides is 1. The lowest BCUT2D eigenvalue weighted by Crippen LogP contribution is -2.55. The van der Waals surface area contributed by atoms with E-state index in [0.717, 1.165) is 10.6 Å². The third-order valence-electron chi connectivity index (χ3n) is 2.91. The molecule has 6 heteroatoms. The number of hydrogen-bond donors (Lipinski definition) is 2. The molecule has 1 aromatic rings. The zero-order chi connectivity index (χ0) is 15.3. The van der Waals surface area contributed by atoms with Crippen molar-refractivity contribution < 1.29 is 4.79 Å². The van der Waals surface area contributed by atoms with E-state index in [4.69, 9.17) is 28.9 Å². The Morgan fingerprint density at radius 3 is 2.55 bits per heavy atom. The van der Waals surface area contributed by atoms with Crippen molar-refractivity contribution >= 4 is 40.9 Å². The van der Waals surface area contributed by atoms with Crippen molar-refractivity contribution in [2.45, 2.75) is 43.7 Å². The van der Waals surface area contributed by atoms with Crippen molar-refractivity contribution in [3.63, 3.8) is 0 Å². The Hall–Kier alpha value is -0.420. The van der Waals surface area contributed by atoms with Crippen LogP contribution in [0.3, 0.4) is 0 Å². The Bertz CT molecular complexity index is 482. The zero-order valence-electron chi connectivity index (χ0n) is 11.9. The van der Waals surface area contributed by atoms with Gasteiger partial charge in [-0.2, -0.15) is 0 Å². The average Bonchev–Trinajstić information content (AvgIpc) is 2.32. The van der Waals surface area contributed by atoms with Gasteiger partial charge in [0.25, 0.3) is 0 Å². The minimum absolute atomic E-state index is 0.197. The summed E-state index contributed by atoms with van der Waals surface area (Å²) >= 11 is 13.5. The van der Waals surface area contributed by atoms with E-state index >= 15 is 0 Å². The van der Waals surface area contributed by atoms with Gasteiger partial charge in [0.15, 0.2) is 0 Å². The van der Waals surface area contributed by atoms with Crippen LogP contribution in [0, 0.1) is 0 Å². The van der Waals surface area contributed by atoms with E-state index in [1.165, 1.54) is 0 Å². The SMILES string of the molecule is CC(C)NC(C)(CCSc1ccc(Cl)c(Cl)c1)C(N)=O. The highest BCUT2D eigenvalue weighted by molar-refractivity contribution is 7.99. The fraction of sp³-hybridized carbons (Fsp3) is 0.500. The van der Waals surface area contributed by atoms with E-state index in [2.05, 4.69) is 5.32 Å². The number of nitrogens with one attached hydrogen (secondary N) is 1. The second kappa shape index (κ2) is 7.55. The summed E-state index contributed by atoms with van der Waals surface area (Å²) < 4.78 is 0. The van der Waals surface area contributed by atoms with Crippen LogP contribution in [0.4, 0.5) is 0 Å². The summed E-state index contributed by atoms with van der Waals surface area (Å²) in [7, 11) is 0. The largest absolute Gasteiger partial charge is 0.368 e. The molecule has 0 aliphatic carbocycles. The first-order valence-electron chi connectivity index (χ1n) is 6.40. The predicted octanol–water partition coefficient (Wildman–Crippen LogP) is 3.72. The van der Waals surface area contributed by atoms with E-state index in [9.17, 15) is 4.79 Å². The molecule has 0 saturated carbocycles. The van der Waals surface area contributed by atoms with E-state index in [0.29, 0.717) is 16.5 Å². The van der Waals surface area contributed by atoms with Crippen LogP contribution in [-0.2, 0) is 4.79 Å². The number of thioether (sulfide) groups is 1. The second-order valence-corrected chi connectivity index (χ2v) is 7.15. The van der Waals surface area contributed by atoms with Gasteiger partial charge >= 0.3 is 0 Å². The van der Waals surface area contributed by atoms with Gasteiger partial charge in [0, 0.05) is 16.7 Å². The highest BCUT2D eigenvalue weighted by Gasteiger charge is 2.30. The Kier molecular flexibility index (Phi) is 6.65. The molecule has 0 aliphatic heterocycles. The molecule has 1 amide bonds. The number of carbonyl (C=O) groups excluding carboxylic acids is 1. The Morgan fingerprint density at radius 2 is 2.05 bits per heavy atom. The molecule has 1 atom stereocenters. The van der Waals surface area contributed by atoms with E-state index < -0.39 is 5.54 Å². The first-order chi connectivity index (χ1) is 9.24. The molecule has 1 aromatic carbocycles. The maximum Gasteiger partial charge on any atom is 0.237 e. The Labute approximate surface area is 134 Å². The minimum Gasteiger partial charge on any atom is -0.368 e. The number of carbonyl (C=O) groups is 1. The lowest BCUT2D eigenvalue weighted by Gasteiger charge is -2.29. The first-order valence-corrected chi connectivity index (χ1v) is 8.14. The van der Waals surface area contributed by atoms with Gasteiger partial charge in [0.05, 0.1) is 15.6 Å². The van der Waals surface area contributed by atoms with Crippen LogP contribution in [0.1, 0.15) is 27.2 Å². The quantitative estimate of drug-likeness (QED) is 0.747. The summed E-state index contributed by atoms with van der Waals surface area (Å²) in [6.07, 6.45) is 0.644. The molecule has 0 saturated heterocycles. The molecule has 0 radical (unpaired) electrons. The molecule has 0 bridgehead atoms. The number of primary amides is 1. The molecule has 112 valence electrons. The highest BCUT2D eigenvalue weighted by atomic mass is 35.5. The van der Waals surface area contributed by atoms with E-state index in [-0.39, 0.29) is 11.9 Å². The average molecular weight is 335 g/mol. The predicted molar refractivity (Wildman–Crippen MR) is 87.7 cm³/mol. The third-order valence-corrected chi connectivity index (χ3v) is 4.65. The Morgan fingerprint density at radius 1 is 1.40 bits per heavy atom. The van der Waals surface area contributed by atoms with Gasteiger partial charge in [-0.05, 0) is 45.4 Å². The summed E-state index contributed by atoms with van der Waals surface area (Å²) in [5, 5.41) is 4.31. The van der Waals surface area contributed by atoms with Crippen LogP contribution in [0.5, 0.6) is 0 Å². The summed E-state index contributed by atoms with van der Waals surface area (Å²) in [6.45, 7) is 5.82. The molecule has 3 nitrogen and oxygen atoms in total. The van der Waals surface area contributed by atoms with Crippen molar-refractivity contribution in [3.8, 4) is 0 Å². The summed E-state index contributed by atoms with van der Waals surface area (Å²) in [5.41, 5.74) is 4.80. The van der Waals surface area contributed by atoms with Crippen LogP contribution in [0.25, 0.3) is 0 Å². The molecule has 20 heavy (non-hydrogen) atoms. The van der Waals surface area contributed by atoms with E-state index in [1.54, 1.807) is 17.8 Å². The van der Waals surface area contributed by atoms with Crippen LogP contribution in [0.2, 0.25) is 10.0 Å². The smallest absolute Gasteiger partial charge is 0.237 e. The fourth-order valence-corrected chi connectivity index (χ4v) is 3.32. The molecule has 1 rings (SSSR count). The maximum absolute atomic E-state index is 11.6. The number of rotatable bonds is 7. The lowest BCUT2D eigenvalue weighted by molar-refractivity contribution is -0.124. The highest BCUT2D eigenvalue weighted by Crippen LogP contribution is 2.29. The Balaban J connectivity index is 2.60. The van der Waals surface area contributed by atoms with Gasteiger partial charge < -0.3 is 11.1 Å². The standard InChI is InChI=1S/C14H20Cl2N2OS/c1-9(2)18-14(3,13(17)19)6-7-20-10-4-5-11(15)12(16)8-10/h4-5,8-9,18H,6-7H2,1-3H3,(H2,17,19). The molecular weight excluding hydrogens is 315 g/mol. The second-order valence-electron chi connectivity index (χ2n) is 5.17. The topological polar surface area (TPSA) is 55.1 Å². The van der Waals surface area contributed by atoms with Crippen LogP contribution in [0.15, 0.2) is 23.1 Å². The molecule has 1 unspecified atom stereocenters. The summed E-state index contributed by atoms with van der Waals surface area (Å²) in [6, 6.07) is 5.70. The van der Waals surface area contributed by atoms with Crippen LogP contribution in [-0.4, -0.2) is 23.2 Å². The van der Waals surface area contributed by atoms with Gasteiger partial charge in [-0.1, -0.05) is 23.2 Å². The lowest BCUT2D eigenvalue weighted by atomic mass is 9.97. The van der Waals surface area contributed by atoms with Gasteiger partial charge in [-0.25, -0.2) is 0 Å². The number of hydrogen-bond acceptors (Lipinski definition) is 3. The molecule has 0 aliphatic rings. The van der Waals surface area contributed by atoms with E-state index in [1.807, 2.05) is 32.9 Å². The number of nitrogens with two attached hydrogens (primary N) is 1. The summed E-state index contributed by atoms with van der Waals surface area (Å²) in [4.78, 5) is 12.6. The minimum atomic E-state index is -0.697. The first kappa shape index (κ1) is 17.6. The number of benzene rings is 1. The number of halogens is 2. The van der Waals surface area contributed by atoms with Crippen LogP contribution >= 0.6 is 35.0 Å². The monoisotopic (exact) mass is 334 g/mol. The molecule has 0 aromatic heterocycles. The van der Waals surface area contributed by atoms with Crippen molar-refractivity contribution in [2.24, 2.45) is 5.73 Å². The van der Waals surface area contributed by atoms with Crippen LogP contribution < -0.4 is 11.1 Å². The van der Waals surface area contributed by atoms with Crippen molar-refractivity contribution in [2.75, 3.05) is 5.75 Å². The third kappa shape index (κ3) is 5.17. The maximum atomic E-state index is 11.6. The van der Waals surface area contributed by atoms with Gasteiger partial charge in [-0.15, -0.1) is 11.8 Å². The summed E-state index contributed by atoms with van der Waals surface area (Å²) in [5.74, 6) is 0.429. The normalized spacial score (nSPS) is 14.3. The molecule has 0 spiro atoms.